The number of rotatable bonds is 3. The van der Waals surface area contributed by atoms with Crippen molar-refractivity contribution in [3.63, 3.8) is 0 Å². The highest BCUT2D eigenvalue weighted by atomic mass is 16.5. The third-order valence-corrected chi connectivity index (χ3v) is 1.65. The predicted molar refractivity (Wildman–Crippen MR) is 52.2 cm³/mol. The molecule has 0 aliphatic heterocycles. The van der Waals surface area contributed by atoms with Crippen LogP contribution in [0.15, 0.2) is 24.3 Å². The molecule has 0 fully saturated rings. The van der Waals surface area contributed by atoms with Gasteiger partial charge >= 0.3 is 6.09 Å². The molecule has 4 nitrogen and oxygen atoms in total. The molecule has 0 saturated carbocycles. The lowest BCUT2D eigenvalue weighted by Gasteiger charge is -2.04. The molecule has 1 aromatic rings. The zero-order valence-corrected chi connectivity index (χ0v) is 8.24. The van der Waals surface area contributed by atoms with Gasteiger partial charge in [-0.25, -0.2) is 4.79 Å². The van der Waals surface area contributed by atoms with E-state index in [1.165, 1.54) is 7.05 Å². The lowest BCUT2D eigenvalue weighted by Crippen LogP contribution is -2.21. The van der Waals surface area contributed by atoms with Gasteiger partial charge < -0.3 is 14.8 Å². The Labute approximate surface area is 82.8 Å². The molecule has 1 N–H and O–H groups in total. The van der Waals surface area contributed by atoms with E-state index in [1.54, 1.807) is 19.2 Å². The van der Waals surface area contributed by atoms with Crippen molar-refractivity contribution < 1.29 is 14.3 Å². The number of amides is 1. The minimum atomic E-state index is -0.468. The van der Waals surface area contributed by atoms with Crippen LogP contribution in [0.5, 0.6) is 5.75 Å². The zero-order chi connectivity index (χ0) is 10.4. The number of nitrogens with one attached hydrogen (secondary N) is 1. The molecule has 1 rings (SSSR count). The third-order valence-electron chi connectivity index (χ3n) is 1.65. The Morgan fingerprint density at radius 3 is 2.50 bits per heavy atom. The molecular formula is C10H13NO3. The quantitative estimate of drug-likeness (QED) is 0.796. The maximum atomic E-state index is 10.8. The molecule has 0 atom stereocenters. The van der Waals surface area contributed by atoms with Gasteiger partial charge in [0.25, 0.3) is 0 Å². The van der Waals surface area contributed by atoms with Gasteiger partial charge in [0, 0.05) is 14.2 Å². The van der Waals surface area contributed by atoms with Crippen LogP contribution in [0.4, 0.5) is 4.79 Å². The van der Waals surface area contributed by atoms with Gasteiger partial charge in [-0.15, -0.1) is 0 Å². The molecule has 0 aliphatic rings. The number of methoxy groups -OCH3 is 1. The van der Waals surface area contributed by atoms with E-state index in [1.807, 2.05) is 12.1 Å². The number of ether oxygens (including phenoxy) is 2. The standard InChI is InChI=1S/C10H13NO3/c1-11-10(12)14-9-5-3-8(4-6-9)7-13-2/h3-6H,7H2,1-2H3,(H,11,12). The lowest BCUT2D eigenvalue weighted by atomic mass is 10.2. The Morgan fingerprint density at radius 2 is 2.00 bits per heavy atom. The van der Waals surface area contributed by atoms with Crippen LogP contribution in [-0.4, -0.2) is 20.3 Å². The highest BCUT2D eigenvalue weighted by Crippen LogP contribution is 2.12. The largest absolute Gasteiger partial charge is 0.412 e. The highest BCUT2D eigenvalue weighted by Gasteiger charge is 2.00. The van der Waals surface area contributed by atoms with E-state index >= 15 is 0 Å². The summed E-state index contributed by atoms with van der Waals surface area (Å²) in [6.45, 7) is 0.556. The van der Waals surface area contributed by atoms with Crippen LogP contribution in [-0.2, 0) is 11.3 Å². The zero-order valence-electron chi connectivity index (χ0n) is 8.24. The molecule has 0 bridgehead atoms. The molecule has 0 radical (unpaired) electrons. The van der Waals surface area contributed by atoms with E-state index in [2.05, 4.69) is 5.32 Å². The summed E-state index contributed by atoms with van der Waals surface area (Å²) in [4.78, 5) is 10.8. The Bertz CT molecular complexity index is 295. The molecule has 76 valence electrons. The fourth-order valence-electron chi connectivity index (χ4n) is 0.978. The molecular weight excluding hydrogens is 182 g/mol. The van der Waals surface area contributed by atoms with Crippen molar-refractivity contribution in [3.8, 4) is 5.75 Å². The summed E-state index contributed by atoms with van der Waals surface area (Å²) < 4.78 is 9.86. The molecule has 0 saturated heterocycles. The van der Waals surface area contributed by atoms with Gasteiger partial charge in [-0.1, -0.05) is 12.1 Å². The molecule has 1 aromatic carbocycles. The van der Waals surface area contributed by atoms with Gasteiger partial charge in [-0.3, -0.25) is 0 Å². The fourth-order valence-corrected chi connectivity index (χ4v) is 0.978. The van der Waals surface area contributed by atoms with Crippen LogP contribution in [0.1, 0.15) is 5.56 Å². The maximum absolute atomic E-state index is 10.8. The summed E-state index contributed by atoms with van der Waals surface area (Å²) in [6, 6.07) is 7.15. The second-order valence-electron chi connectivity index (χ2n) is 2.72. The van der Waals surface area contributed by atoms with Gasteiger partial charge in [0.05, 0.1) is 6.61 Å². The Balaban J connectivity index is 2.59. The van der Waals surface area contributed by atoms with Crippen LogP contribution >= 0.6 is 0 Å². The molecule has 0 spiro atoms. The normalized spacial score (nSPS) is 9.57. The van der Waals surface area contributed by atoms with Crippen molar-refractivity contribution in [1.29, 1.82) is 0 Å². The van der Waals surface area contributed by atoms with E-state index in [4.69, 9.17) is 9.47 Å². The van der Waals surface area contributed by atoms with Gasteiger partial charge in [-0.05, 0) is 17.7 Å². The molecule has 4 heteroatoms. The van der Waals surface area contributed by atoms with Crippen molar-refractivity contribution in [1.82, 2.24) is 5.32 Å². The molecule has 0 unspecified atom stereocenters. The first kappa shape index (κ1) is 10.5. The summed E-state index contributed by atoms with van der Waals surface area (Å²) in [5.74, 6) is 0.518. The average Bonchev–Trinajstić information content (AvgIpc) is 2.21. The van der Waals surface area contributed by atoms with Crippen LogP contribution < -0.4 is 10.1 Å². The van der Waals surface area contributed by atoms with E-state index in [0.717, 1.165) is 5.56 Å². The van der Waals surface area contributed by atoms with Crippen molar-refractivity contribution >= 4 is 6.09 Å². The molecule has 1 amide bonds. The topological polar surface area (TPSA) is 47.6 Å². The summed E-state index contributed by atoms with van der Waals surface area (Å²) in [5.41, 5.74) is 1.04. The smallest absolute Gasteiger partial charge is 0.410 e. The van der Waals surface area contributed by atoms with Crippen molar-refractivity contribution in [2.45, 2.75) is 6.61 Å². The minimum absolute atomic E-state index is 0.468. The first-order chi connectivity index (χ1) is 6.76. The van der Waals surface area contributed by atoms with Gasteiger partial charge in [-0.2, -0.15) is 0 Å². The number of carbonyl (C=O) groups excluding carboxylic acids is 1. The Morgan fingerprint density at radius 1 is 1.36 bits per heavy atom. The first-order valence-electron chi connectivity index (χ1n) is 4.23. The fraction of sp³-hybridized carbons (Fsp3) is 0.300. The van der Waals surface area contributed by atoms with Crippen LogP contribution in [0.2, 0.25) is 0 Å². The second kappa shape index (κ2) is 5.24. The molecule has 0 heterocycles. The monoisotopic (exact) mass is 195 g/mol. The van der Waals surface area contributed by atoms with Crippen molar-refractivity contribution in [2.75, 3.05) is 14.2 Å². The predicted octanol–water partition coefficient (Wildman–Crippen LogP) is 1.55. The third kappa shape index (κ3) is 3.06. The van der Waals surface area contributed by atoms with E-state index < -0.39 is 6.09 Å². The van der Waals surface area contributed by atoms with Crippen molar-refractivity contribution in [2.24, 2.45) is 0 Å². The van der Waals surface area contributed by atoms with Crippen LogP contribution in [0.3, 0.4) is 0 Å². The van der Waals surface area contributed by atoms with Crippen LogP contribution in [0, 0.1) is 0 Å². The first-order valence-corrected chi connectivity index (χ1v) is 4.23. The summed E-state index contributed by atoms with van der Waals surface area (Å²) in [6.07, 6.45) is -0.468. The lowest BCUT2D eigenvalue weighted by molar-refractivity contribution is 0.184. The number of hydrogen-bond acceptors (Lipinski definition) is 3. The molecule has 0 aromatic heterocycles. The minimum Gasteiger partial charge on any atom is -0.410 e. The van der Waals surface area contributed by atoms with E-state index in [-0.39, 0.29) is 0 Å². The van der Waals surface area contributed by atoms with Crippen molar-refractivity contribution in [3.05, 3.63) is 29.8 Å². The van der Waals surface area contributed by atoms with Crippen LogP contribution in [0.25, 0.3) is 0 Å². The van der Waals surface area contributed by atoms with Gasteiger partial charge in [0.2, 0.25) is 0 Å². The van der Waals surface area contributed by atoms with E-state index in [0.29, 0.717) is 12.4 Å². The Kier molecular flexibility index (Phi) is 3.94. The SMILES string of the molecule is CNC(=O)Oc1ccc(COC)cc1. The number of hydrogen-bond donors (Lipinski definition) is 1. The molecule has 0 aliphatic carbocycles. The second-order valence-corrected chi connectivity index (χ2v) is 2.72. The maximum Gasteiger partial charge on any atom is 0.412 e. The number of carbonyl (C=O) groups is 1. The van der Waals surface area contributed by atoms with Gasteiger partial charge in [0.1, 0.15) is 5.75 Å². The Hall–Kier alpha value is -1.55. The van der Waals surface area contributed by atoms with Gasteiger partial charge in [0.15, 0.2) is 0 Å². The number of benzene rings is 1. The summed E-state index contributed by atoms with van der Waals surface area (Å²) in [5, 5.41) is 2.37. The summed E-state index contributed by atoms with van der Waals surface area (Å²) >= 11 is 0. The molecule has 14 heavy (non-hydrogen) atoms. The van der Waals surface area contributed by atoms with E-state index in [9.17, 15) is 4.79 Å². The average molecular weight is 195 g/mol. The summed E-state index contributed by atoms with van der Waals surface area (Å²) in [7, 11) is 3.15. The highest BCUT2D eigenvalue weighted by molar-refractivity contribution is 5.69.